The van der Waals surface area contributed by atoms with Gasteiger partial charge in [0, 0.05) is 32.0 Å². The first kappa shape index (κ1) is 67.3. The Morgan fingerprint density at radius 2 is 1.15 bits per heavy atom. The second-order valence-corrected chi connectivity index (χ2v) is 20.1. The number of aliphatic hydroxyl groups excluding tert-OH is 1. The SMILES string of the molecule is CC(C)C[C@H](NC(=O)[C@H](CCCNC(=N)N)NC(=O)[C@H](Cc1ccc(O)cc1)NC(=O)[C@H](CCCCN)NC(=O)[C@H](CC(=O)O)NC(=O)[C@@H](NC(=O)[C@H](C)NC(=O)[C@@H]1CCCN1C(=O)[C@@H](C)CCCNC(=N)N)[C@@H](C)O)C(N)=O. The summed E-state index contributed by atoms with van der Waals surface area (Å²) < 4.78 is 0. The van der Waals surface area contributed by atoms with Gasteiger partial charge in [-0.25, -0.2) is 0 Å². The largest absolute Gasteiger partial charge is 0.508 e. The third-order valence-electron chi connectivity index (χ3n) is 12.8. The number of rotatable bonds is 35. The first-order chi connectivity index (χ1) is 37.1. The number of aromatic hydroxyl groups is 1. The van der Waals surface area contributed by atoms with Crippen LogP contribution >= 0.6 is 0 Å². The number of hydrogen-bond donors (Lipinski definition) is 18. The molecule has 22 N–H and O–H groups in total. The van der Waals surface area contributed by atoms with Crippen LogP contribution in [0.2, 0.25) is 0 Å². The van der Waals surface area contributed by atoms with Crippen molar-refractivity contribution >= 4 is 71.1 Å². The van der Waals surface area contributed by atoms with E-state index in [0.29, 0.717) is 50.8 Å². The maximum Gasteiger partial charge on any atom is 0.305 e. The molecule has 2 rings (SSSR count). The molecule has 1 fully saturated rings. The lowest BCUT2D eigenvalue weighted by molar-refractivity contribution is -0.143. The van der Waals surface area contributed by atoms with Crippen molar-refractivity contribution in [1.29, 1.82) is 10.8 Å². The van der Waals surface area contributed by atoms with E-state index in [1.54, 1.807) is 6.92 Å². The first-order valence-electron chi connectivity index (χ1n) is 26.4. The molecule has 1 saturated heterocycles. The van der Waals surface area contributed by atoms with Crippen LogP contribution in [0.5, 0.6) is 5.75 Å². The average molecular weight is 1120 g/mol. The summed E-state index contributed by atoms with van der Waals surface area (Å²) in [5, 5.41) is 67.8. The standard InChI is InChI=1S/C50H84N16O13/c1-26(2)23-34(40(52)71)62-42(73)33(13-9-21-58-50(55)56)61-44(75)35(24-30-15-17-31(68)18-16-30)63-43(74)32(12-6-7-19-51)60-45(76)36(25-38(69)70)64-47(78)39(29(5)67)65-41(72)28(4)59-46(77)37-14-10-22-66(37)48(79)27(3)11-8-20-57-49(53)54/h15-18,26-29,32-37,39,67-68H,6-14,19-25,51H2,1-5H3,(H2,52,71)(H,59,77)(H,60,76)(H,61,75)(H,62,73)(H,63,74)(H,64,78)(H,65,72)(H,69,70)(H4,53,54,57)(H4,55,56,58)/t27-,28-,29+,32-,33-,34-,35-,36-,37-,39-/m0/s1. The average Bonchev–Trinajstić information content (AvgIpc) is 3.87. The normalized spacial score (nSPS) is 16.4. The topological polar surface area (TPSA) is 495 Å². The van der Waals surface area contributed by atoms with Crippen LogP contribution in [0, 0.1) is 22.7 Å². The number of amides is 9. The molecule has 0 aliphatic carbocycles. The summed E-state index contributed by atoms with van der Waals surface area (Å²) in [7, 11) is 0. The molecule has 0 radical (unpaired) electrons. The van der Waals surface area contributed by atoms with Gasteiger partial charge in [-0.2, -0.15) is 0 Å². The monoisotopic (exact) mass is 1120 g/mol. The Kier molecular flexibility index (Phi) is 29.1. The van der Waals surface area contributed by atoms with E-state index in [-0.39, 0.29) is 81.1 Å². The lowest BCUT2D eigenvalue weighted by atomic mass is 10.0. The predicted molar refractivity (Wildman–Crippen MR) is 289 cm³/mol. The molecule has 10 atom stereocenters. The number of aliphatic carboxylic acids is 1. The molecular formula is C50H84N16O13. The second-order valence-electron chi connectivity index (χ2n) is 20.1. The first-order valence-corrected chi connectivity index (χ1v) is 26.4. The number of nitrogens with zero attached hydrogens (tertiary/aromatic N) is 1. The van der Waals surface area contributed by atoms with E-state index in [0.717, 1.165) is 6.92 Å². The minimum absolute atomic E-state index is 0.0539. The van der Waals surface area contributed by atoms with E-state index < -0.39 is 120 Å². The number of unbranched alkanes of at least 4 members (excludes halogenated alkanes) is 1. The summed E-state index contributed by atoms with van der Waals surface area (Å²) in [4.78, 5) is 136. The molecular weight excluding hydrogens is 1030 g/mol. The summed E-state index contributed by atoms with van der Waals surface area (Å²) >= 11 is 0. The summed E-state index contributed by atoms with van der Waals surface area (Å²) in [5.41, 5.74) is 22.5. The van der Waals surface area contributed by atoms with Crippen molar-refractivity contribution in [3.63, 3.8) is 0 Å². The molecule has 29 nitrogen and oxygen atoms in total. The number of phenols is 1. The van der Waals surface area contributed by atoms with Crippen LogP contribution in [-0.4, -0.2) is 172 Å². The van der Waals surface area contributed by atoms with Gasteiger partial charge >= 0.3 is 5.97 Å². The molecule has 1 aromatic rings. The van der Waals surface area contributed by atoms with E-state index in [2.05, 4.69) is 47.9 Å². The zero-order chi connectivity index (χ0) is 59.5. The summed E-state index contributed by atoms with van der Waals surface area (Å²) in [6, 6.07) is -5.85. The van der Waals surface area contributed by atoms with Crippen molar-refractivity contribution < 1.29 is 63.3 Å². The van der Waals surface area contributed by atoms with Crippen LogP contribution in [0.15, 0.2) is 24.3 Å². The molecule has 1 aliphatic rings. The van der Waals surface area contributed by atoms with Crippen molar-refractivity contribution in [3.05, 3.63) is 29.8 Å². The van der Waals surface area contributed by atoms with Crippen LogP contribution in [0.3, 0.4) is 0 Å². The number of carbonyl (C=O) groups excluding carboxylic acids is 9. The number of likely N-dealkylation sites (tertiary alicyclic amines) is 1. The highest BCUT2D eigenvalue weighted by molar-refractivity contribution is 5.99. The van der Waals surface area contributed by atoms with E-state index in [9.17, 15) is 63.3 Å². The van der Waals surface area contributed by atoms with E-state index in [4.69, 9.17) is 33.8 Å². The molecule has 1 aliphatic heterocycles. The van der Waals surface area contributed by atoms with Crippen LogP contribution in [0.25, 0.3) is 0 Å². The highest BCUT2D eigenvalue weighted by Crippen LogP contribution is 2.22. The highest BCUT2D eigenvalue weighted by Gasteiger charge is 2.39. The number of aliphatic hydroxyl groups is 1. The van der Waals surface area contributed by atoms with Gasteiger partial charge in [-0.15, -0.1) is 0 Å². The van der Waals surface area contributed by atoms with Crippen molar-refractivity contribution in [2.24, 2.45) is 34.8 Å². The van der Waals surface area contributed by atoms with Gasteiger partial charge in [0.05, 0.1) is 12.5 Å². The smallest absolute Gasteiger partial charge is 0.305 e. The number of guanidine groups is 2. The molecule has 0 spiro atoms. The molecule has 0 bridgehead atoms. The molecule has 79 heavy (non-hydrogen) atoms. The van der Waals surface area contributed by atoms with Crippen LogP contribution in [0.4, 0.5) is 0 Å². The lowest BCUT2D eigenvalue weighted by Gasteiger charge is -2.29. The van der Waals surface area contributed by atoms with Crippen molar-refractivity contribution in [3.8, 4) is 5.75 Å². The van der Waals surface area contributed by atoms with Crippen LogP contribution in [0.1, 0.15) is 111 Å². The van der Waals surface area contributed by atoms with E-state index >= 15 is 0 Å². The zero-order valence-electron chi connectivity index (χ0n) is 45.7. The van der Waals surface area contributed by atoms with Crippen molar-refractivity contribution in [1.82, 2.24) is 52.8 Å². The Morgan fingerprint density at radius 1 is 0.646 bits per heavy atom. The minimum atomic E-state index is -1.93. The number of carboxylic acid groups (broad SMARTS) is 1. The van der Waals surface area contributed by atoms with Gasteiger partial charge in [0.2, 0.25) is 53.2 Å². The maximum absolute atomic E-state index is 14.3. The second kappa shape index (κ2) is 34.1. The number of carboxylic acids is 1. The Labute approximate surface area is 459 Å². The molecule has 0 saturated carbocycles. The highest BCUT2D eigenvalue weighted by atomic mass is 16.4. The van der Waals surface area contributed by atoms with Gasteiger partial charge < -0.3 is 91.0 Å². The maximum atomic E-state index is 14.3. The van der Waals surface area contributed by atoms with Gasteiger partial charge in [0.1, 0.15) is 54.1 Å². The van der Waals surface area contributed by atoms with Gasteiger partial charge in [-0.3, -0.25) is 58.8 Å². The van der Waals surface area contributed by atoms with E-state index in [1.165, 1.54) is 36.1 Å². The van der Waals surface area contributed by atoms with Gasteiger partial charge in [-0.1, -0.05) is 32.9 Å². The number of nitrogens with one attached hydrogen (secondary N) is 11. The quantitative estimate of drug-likeness (QED) is 0.0175. The predicted octanol–water partition coefficient (Wildman–Crippen LogP) is -3.98. The van der Waals surface area contributed by atoms with Crippen molar-refractivity contribution in [2.75, 3.05) is 26.2 Å². The number of hydrogen-bond acceptors (Lipinski definition) is 15. The van der Waals surface area contributed by atoms with Crippen molar-refractivity contribution in [2.45, 2.75) is 166 Å². The molecule has 9 amide bonds. The number of benzene rings is 1. The molecule has 1 aromatic carbocycles. The Hall–Kier alpha value is -7.82. The molecule has 442 valence electrons. The lowest BCUT2D eigenvalue weighted by Crippen LogP contribution is -2.61. The zero-order valence-corrected chi connectivity index (χ0v) is 45.7. The number of carbonyl (C=O) groups is 10. The fourth-order valence-electron chi connectivity index (χ4n) is 8.49. The van der Waals surface area contributed by atoms with Gasteiger partial charge in [0.25, 0.3) is 0 Å². The van der Waals surface area contributed by atoms with E-state index in [1.807, 2.05) is 13.8 Å². The van der Waals surface area contributed by atoms with Crippen LogP contribution in [-0.2, 0) is 54.4 Å². The number of nitrogens with two attached hydrogens (primary N) is 4. The fourth-order valence-corrected chi connectivity index (χ4v) is 8.49. The van der Waals surface area contributed by atoms with Gasteiger partial charge in [0.15, 0.2) is 11.9 Å². The molecule has 0 aromatic heterocycles. The minimum Gasteiger partial charge on any atom is -0.508 e. The third-order valence-corrected chi connectivity index (χ3v) is 12.8. The summed E-state index contributed by atoms with van der Waals surface area (Å²) in [5.74, 6) is -10.5. The Balaban J connectivity index is 2.36. The molecule has 29 heteroatoms. The summed E-state index contributed by atoms with van der Waals surface area (Å²) in [6.07, 6.45) is -0.414. The Morgan fingerprint density at radius 3 is 1.67 bits per heavy atom. The molecule has 1 heterocycles. The van der Waals surface area contributed by atoms with Gasteiger partial charge in [-0.05, 0) is 108 Å². The third kappa shape index (κ3) is 24.6. The van der Waals surface area contributed by atoms with Crippen LogP contribution < -0.4 is 70.8 Å². The summed E-state index contributed by atoms with van der Waals surface area (Å²) in [6.45, 7) is 8.73. The number of phenolic OH excluding ortho intramolecular Hbond substituents is 1. The fraction of sp³-hybridized carbons (Fsp3) is 0.640. The molecule has 0 unspecified atom stereocenters. The Bertz CT molecular complexity index is 2270. The number of primary amides is 1.